The van der Waals surface area contributed by atoms with Crippen molar-refractivity contribution in [2.24, 2.45) is 11.7 Å². The molecule has 2 N–H and O–H groups in total. The Bertz CT molecular complexity index is 477. The Kier molecular flexibility index (Phi) is 5.62. The molecule has 3 nitrogen and oxygen atoms in total. The van der Waals surface area contributed by atoms with Crippen LogP contribution in [-0.2, 0) is 4.79 Å². The molecule has 0 bridgehead atoms. The summed E-state index contributed by atoms with van der Waals surface area (Å²) in [5, 5.41) is 0. The van der Waals surface area contributed by atoms with E-state index >= 15 is 0 Å². The summed E-state index contributed by atoms with van der Waals surface area (Å²) < 4.78 is 26.1. The van der Waals surface area contributed by atoms with E-state index in [0.29, 0.717) is 5.56 Å². The van der Waals surface area contributed by atoms with E-state index in [9.17, 15) is 13.6 Å². The van der Waals surface area contributed by atoms with Crippen LogP contribution in [0.25, 0.3) is 0 Å². The van der Waals surface area contributed by atoms with Crippen LogP contribution in [0.1, 0.15) is 38.8 Å². The fourth-order valence-corrected chi connectivity index (χ4v) is 1.79. The van der Waals surface area contributed by atoms with Gasteiger partial charge in [-0.2, -0.15) is 0 Å². The summed E-state index contributed by atoms with van der Waals surface area (Å²) in [7, 11) is 1.64. The van der Waals surface area contributed by atoms with Gasteiger partial charge in [-0.1, -0.05) is 19.9 Å². The van der Waals surface area contributed by atoms with Crippen LogP contribution < -0.4 is 5.73 Å². The van der Waals surface area contributed by atoms with Gasteiger partial charge >= 0.3 is 0 Å². The summed E-state index contributed by atoms with van der Waals surface area (Å²) in [5.74, 6) is -1.69. The van der Waals surface area contributed by atoms with E-state index in [1.165, 1.54) is 11.0 Å². The van der Waals surface area contributed by atoms with Gasteiger partial charge < -0.3 is 10.6 Å². The lowest BCUT2D eigenvalue weighted by Crippen LogP contribution is -2.37. The minimum Gasteiger partial charge on any atom is -0.339 e. The Morgan fingerprint density at radius 3 is 2.35 bits per heavy atom. The molecule has 0 aliphatic rings. The second-order valence-electron chi connectivity index (χ2n) is 5.47. The quantitative estimate of drug-likeness (QED) is 0.903. The van der Waals surface area contributed by atoms with Gasteiger partial charge in [0.05, 0.1) is 6.04 Å². The van der Waals surface area contributed by atoms with Crippen LogP contribution >= 0.6 is 0 Å². The maximum Gasteiger partial charge on any atom is 0.224 e. The van der Waals surface area contributed by atoms with E-state index in [1.807, 2.05) is 13.8 Å². The summed E-state index contributed by atoms with van der Waals surface area (Å²) in [5.41, 5.74) is 6.43. The van der Waals surface area contributed by atoms with Crippen LogP contribution in [0.2, 0.25) is 0 Å². The second-order valence-corrected chi connectivity index (χ2v) is 5.47. The molecule has 1 aromatic rings. The average molecular weight is 284 g/mol. The lowest BCUT2D eigenvalue weighted by Gasteiger charge is -2.27. The third kappa shape index (κ3) is 4.00. The van der Waals surface area contributed by atoms with Gasteiger partial charge in [-0.05, 0) is 30.5 Å². The molecule has 0 aromatic heterocycles. The highest BCUT2D eigenvalue weighted by Gasteiger charge is 2.21. The first-order chi connectivity index (χ1) is 9.23. The lowest BCUT2D eigenvalue weighted by molar-refractivity contribution is -0.132. The zero-order valence-corrected chi connectivity index (χ0v) is 12.4. The van der Waals surface area contributed by atoms with E-state index in [0.717, 1.165) is 12.1 Å². The number of hydrogen-bond donors (Lipinski definition) is 1. The summed E-state index contributed by atoms with van der Waals surface area (Å²) in [6, 6.07) is 3.12. The Labute approximate surface area is 118 Å². The highest BCUT2D eigenvalue weighted by atomic mass is 19.2. The number of carbonyl (C=O) groups is 1. The van der Waals surface area contributed by atoms with E-state index in [1.54, 1.807) is 14.0 Å². The monoisotopic (exact) mass is 284 g/mol. The smallest absolute Gasteiger partial charge is 0.224 e. The SMILES string of the molecule is CC(C)C(N)CC(=O)N(C)C(C)c1ccc(F)c(F)c1. The van der Waals surface area contributed by atoms with E-state index in [-0.39, 0.29) is 30.3 Å². The maximum absolute atomic E-state index is 13.2. The Balaban J connectivity index is 2.77. The number of halogens is 2. The second kappa shape index (κ2) is 6.79. The van der Waals surface area contributed by atoms with Crippen molar-refractivity contribution >= 4 is 5.91 Å². The van der Waals surface area contributed by atoms with E-state index in [2.05, 4.69) is 0 Å². The zero-order chi connectivity index (χ0) is 15.4. The topological polar surface area (TPSA) is 46.3 Å². The predicted molar refractivity (Wildman–Crippen MR) is 75.0 cm³/mol. The molecule has 2 unspecified atom stereocenters. The van der Waals surface area contributed by atoms with Crippen molar-refractivity contribution < 1.29 is 13.6 Å². The number of nitrogens with two attached hydrogens (primary N) is 1. The molecule has 5 heteroatoms. The molecule has 0 saturated carbocycles. The number of amides is 1. The first kappa shape index (κ1) is 16.6. The van der Waals surface area contributed by atoms with Crippen molar-refractivity contribution in [1.29, 1.82) is 0 Å². The standard InChI is InChI=1S/C15H22F2N2O/c1-9(2)14(18)8-15(20)19(4)10(3)11-5-6-12(16)13(17)7-11/h5-7,9-10,14H,8,18H2,1-4H3. The first-order valence-corrected chi connectivity index (χ1v) is 6.70. The predicted octanol–water partition coefficient (Wildman–Crippen LogP) is 2.86. The van der Waals surface area contributed by atoms with Gasteiger partial charge in [0.1, 0.15) is 0 Å². The van der Waals surface area contributed by atoms with Gasteiger partial charge in [-0.3, -0.25) is 4.79 Å². The van der Waals surface area contributed by atoms with Crippen LogP contribution in [0.15, 0.2) is 18.2 Å². The third-order valence-corrected chi connectivity index (χ3v) is 3.67. The number of hydrogen-bond acceptors (Lipinski definition) is 2. The van der Waals surface area contributed by atoms with E-state index in [4.69, 9.17) is 5.73 Å². The van der Waals surface area contributed by atoms with Crippen LogP contribution in [-0.4, -0.2) is 23.9 Å². The lowest BCUT2D eigenvalue weighted by atomic mass is 10.0. The maximum atomic E-state index is 13.2. The molecule has 0 spiro atoms. The van der Waals surface area contributed by atoms with Crippen LogP contribution in [0.5, 0.6) is 0 Å². The highest BCUT2D eigenvalue weighted by Crippen LogP contribution is 2.22. The highest BCUT2D eigenvalue weighted by molar-refractivity contribution is 5.77. The minimum atomic E-state index is -0.908. The third-order valence-electron chi connectivity index (χ3n) is 3.67. The Morgan fingerprint density at radius 2 is 1.85 bits per heavy atom. The van der Waals surface area contributed by atoms with Crippen LogP contribution in [0.4, 0.5) is 8.78 Å². The molecule has 2 atom stereocenters. The van der Waals surface area contributed by atoms with Crippen LogP contribution in [0.3, 0.4) is 0 Å². The molecule has 0 aliphatic heterocycles. The Hall–Kier alpha value is -1.49. The molecular weight excluding hydrogens is 262 g/mol. The molecule has 1 rings (SSSR count). The number of carbonyl (C=O) groups excluding carboxylic acids is 1. The fraction of sp³-hybridized carbons (Fsp3) is 0.533. The molecule has 20 heavy (non-hydrogen) atoms. The number of benzene rings is 1. The number of nitrogens with zero attached hydrogens (tertiary/aromatic N) is 1. The van der Waals surface area contributed by atoms with Crippen molar-refractivity contribution in [2.75, 3.05) is 7.05 Å². The average Bonchev–Trinajstić information content (AvgIpc) is 2.39. The molecule has 0 radical (unpaired) electrons. The zero-order valence-electron chi connectivity index (χ0n) is 12.4. The molecule has 0 aliphatic carbocycles. The molecule has 1 amide bonds. The molecular formula is C15H22F2N2O. The van der Waals surface area contributed by atoms with Gasteiger partial charge in [0.25, 0.3) is 0 Å². The van der Waals surface area contributed by atoms with Crippen LogP contribution in [0, 0.1) is 17.6 Å². The normalized spacial score (nSPS) is 14.2. The Morgan fingerprint density at radius 1 is 1.25 bits per heavy atom. The van der Waals surface area contributed by atoms with Gasteiger partial charge in [-0.15, -0.1) is 0 Å². The molecule has 1 aromatic carbocycles. The summed E-state index contributed by atoms with van der Waals surface area (Å²) in [6.07, 6.45) is 0.238. The molecule has 112 valence electrons. The number of rotatable bonds is 5. The van der Waals surface area contributed by atoms with Crippen molar-refractivity contribution in [1.82, 2.24) is 4.90 Å². The molecule has 0 saturated heterocycles. The summed E-state index contributed by atoms with van der Waals surface area (Å²) in [4.78, 5) is 13.6. The first-order valence-electron chi connectivity index (χ1n) is 6.70. The van der Waals surface area contributed by atoms with Gasteiger partial charge in [0.15, 0.2) is 11.6 Å². The van der Waals surface area contributed by atoms with Gasteiger partial charge in [0, 0.05) is 19.5 Å². The van der Waals surface area contributed by atoms with Crippen molar-refractivity contribution in [3.05, 3.63) is 35.4 Å². The largest absolute Gasteiger partial charge is 0.339 e. The van der Waals surface area contributed by atoms with Crippen molar-refractivity contribution in [2.45, 2.75) is 39.3 Å². The summed E-state index contributed by atoms with van der Waals surface area (Å²) in [6.45, 7) is 5.68. The van der Waals surface area contributed by atoms with Gasteiger partial charge in [-0.25, -0.2) is 8.78 Å². The summed E-state index contributed by atoms with van der Waals surface area (Å²) >= 11 is 0. The van der Waals surface area contributed by atoms with E-state index < -0.39 is 11.6 Å². The van der Waals surface area contributed by atoms with Crippen molar-refractivity contribution in [3.63, 3.8) is 0 Å². The fourth-order valence-electron chi connectivity index (χ4n) is 1.79. The van der Waals surface area contributed by atoms with Crippen molar-refractivity contribution in [3.8, 4) is 0 Å². The molecule has 0 heterocycles. The van der Waals surface area contributed by atoms with Gasteiger partial charge in [0.2, 0.25) is 5.91 Å². The molecule has 0 fully saturated rings. The minimum absolute atomic E-state index is 0.108.